The number of ether oxygens (including phenoxy) is 2. The Bertz CT molecular complexity index is 1050. The molecule has 1 aliphatic heterocycles. The van der Waals surface area contributed by atoms with E-state index in [0.29, 0.717) is 24.7 Å². The number of likely N-dealkylation sites (N-methyl/N-ethyl adjacent to an activating group) is 1. The van der Waals surface area contributed by atoms with Gasteiger partial charge in [0.1, 0.15) is 0 Å². The van der Waals surface area contributed by atoms with E-state index in [-0.39, 0.29) is 17.3 Å². The van der Waals surface area contributed by atoms with Gasteiger partial charge in [0.25, 0.3) is 0 Å². The molecule has 1 amide bonds. The maximum atomic E-state index is 13.0. The van der Waals surface area contributed by atoms with E-state index in [0.717, 1.165) is 47.7 Å². The smallest absolute Gasteiger partial charge is 0.243 e. The molecule has 7 nitrogen and oxygen atoms in total. The minimum atomic E-state index is -3.85. The van der Waals surface area contributed by atoms with Gasteiger partial charge in [0.05, 0.1) is 24.7 Å². The summed E-state index contributed by atoms with van der Waals surface area (Å²) in [5, 5.41) is 2.89. The van der Waals surface area contributed by atoms with Crippen molar-refractivity contribution >= 4 is 21.6 Å². The van der Waals surface area contributed by atoms with Crippen LogP contribution in [0.5, 0.6) is 11.5 Å². The van der Waals surface area contributed by atoms with E-state index in [1.54, 1.807) is 6.07 Å². The van der Waals surface area contributed by atoms with Crippen LogP contribution in [0.4, 0.5) is 5.69 Å². The zero-order valence-corrected chi connectivity index (χ0v) is 17.8. The number of rotatable bonds is 5. The zero-order chi connectivity index (χ0) is 21.1. The fourth-order valence-electron chi connectivity index (χ4n) is 3.86. The second kappa shape index (κ2) is 8.65. The molecule has 1 heterocycles. The molecule has 0 spiro atoms. The minimum absolute atomic E-state index is 0.0686. The lowest BCUT2D eigenvalue weighted by Gasteiger charge is -2.21. The molecule has 2 aliphatic rings. The fourth-order valence-corrected chi connectivity index (χ4v) is 5.00. The van der Waals surface area contributed by atoms with Crippen molar-refractivity contribution in [1.82, 2.24) is 4.31 Å². The average molecular weight is 431 g/mol. The summed E-state index contributed by atoms with van der Waals surface area (Å²) in [6.07, 6.45) is 4.92. The molecule has 160 valence electrons. The average Bonchev–Trinajstić information content (AvgIpc) is 2.98. The van der Waals surface area contributed by atoms with E-state index < -0.39 is 10.0 Å². The first-order chi connectivity index (χ1) is 14.4. The number of carbonyl (C=O) groups excluding carboxylic acids is 1. The van der Waals surface area contributed by atoms with Crippen LogP contribution in [-0.2, 0) is 27.7 Å². The van der Waals surface area contributed by atoms with Gasteiger partial charge in [0, 0.05) is 25.2 Å². The summed E-state index contributed by atoms with van der Waals surface area (Å²) < 4.78 is 38.1. The number of fused-ring (bicyclic) bond motifs is 2. The van der Waals surface area contributed by atoms with Gasteiger partial charge in [-0.05, 0) is 55.0 Å². The summed E-state index contributed by atoms with van der Waals surface area (Å²) >= 11 is 0. The predicted octanol–water partition coefficient (Wildman–Crippen LogP) is 2.99. The normalized spacial score (nSPS) is 15.9. The highest BCUT2D eigenvalue weighted by atomic mass is 32.2. The molecule has 1 N–H and O–H groups in total. The van der Waals surface area contributed by atoms with Gasteiger partial charge < -0.3 is 14.8 Å². The molecule has 8 heteroatoms. The van der Waals surface area contributed by atoms with Gasteiger partial charge >= 0.3 is 0 Å². The monoisotopic (exact) mass is 430 g/mol. The highest BCUT2D eigenvalue weighted by Crippen LogP contribution is 2.33. The van der Waals surface area contributed by atoms with Gasteiger partial charge in [-0.1, -0.05) is 12.1 Å². The summed E-state index contributed by atoms with van der Waals surface area (Å²) in [4.78, 5) is 12.7. The molecule has 0 radical (unpaired) electrons. The lowest BCUT2D eigenvalue weighted by Crippen LogP contribution is -2.35. The molecule has 30 heavy (non-hydrogen) atoms. The molecule has 4 rings (SSSR count). The van der Waals surface area contributed by atoms with Crippen LogP contribution in [-0.4, -0.2) is 45.4 Å². The molecule has 1 aliphatic carbocycles. The first kappa shape index (κ1) is 20.7. The maximum absolute atomic E-state index is 13.0. The third kappa shape index (κ3) is 4.29. The number of hydrogen-bond donors (Lipinski definition) is 1. The Kier molecular flexibility index (Phi) is 5.97. The Labute approximate surface area is 177 Å². The van der Waals surface area contributed by atoms with E-state index in [1.165, 1.54) is 24.7 Å². The minimum Gasteiger partial charge on any atom is -0.490 e. The van der Waals surface area contributed by atoms with Crippen molar-refractivity contribution in [2.75, 3.05) is 32.1 Å². The van der Waals surface area contributed by atoms with Gasteiger partial charge in [-0.2, -0.15) is 4.31 Å². The second-order valence-electron chi connectivity index (χ2n) is 7.62. The third-order valence-corrected chi connectivity index (χ3v) is 7.26. The molecule has 0 aromatic heterocycles. The SMILES string of the molecule is CN(CC(=O)Nc1cccc2c1CCCC2)S(=O)(=O)c1ccc2c(c1)OCCCO2. The fraction of sp³-hybridized carbons (Fsp3) is 0.409. The molecular weight excluding hydrogens is 404 g/mol. The molecule has 2 aromatic carbocycles. The Morgan fingerprint density at radius 2 is 1.80 bits per heavy atom. The summed E-state index contributed by atoms with van der Waals surface area (Å²) in [6, 6.07) is 10.4. The number of nitrogens with zero attached hydrogens (tertiary/aromatic N) is 1. The Balaban J connectivity index is 1.47. The van der Waals surface area contributed by atoms with Crippen molar-refractivity contribution in [1.29, 1.82) is 0 Å². The van der Waals surface area contributed by atoms with Crippen molar-refractivity contribution in [3.05, 3.63) is 47.5 Å². The Morgan fingerprint density at radius 1 is 1.03 bits per heavy atom. The van der Waals surface area contributed by atoms with Crippen LogP contribution in [0.3, 0.4) is 0 Å². The third-order valence-electron chi connectivity index (χ3n) is 5.46. The zero-order valence-electron chi connectivity index (χ0n) is 17.0. The number of nitrogens with one attached hydrogen (secondary N) is 1. The highest BCUT2D eigenvalue weighted by Gasteiger charge is 2.25. The quantitative estimate of drug-likeness (QED) is 0.788. The lowest BCUT2D eigenvalue weighted by atomic mass is 9.90. The molecule has 0 bridgehead atoms. The van der Waals surface area contributed by atoms with Crippen LogP contribution >= 0.6 is 0 Å². The Morgan fingerprint density at radius 3 is 2.63 bits per heavy atom. The van der Waals surface area contributed by atoms with Crippen LogP contribution in [0, 0.1) is 0 Å². The van der Waals surface area contributed by atoms with Crippen molar-refractivity contribution in [2.24, 2.45) is 0 Å². The molecule has 0 atom stereocenters. The van der Waals surface area contributed by atoms with E-state index in [2.05, 4.69) is 11.4 Å². The van der Waals surface area contributed by atoms with Crippen LogP contribution < -0.4 is 14.8 Å². The van der Waals surface area contributed by atoms with Gasteiger partial charge in [-0.25, -0.2) is 8.42 Å². The summed E-state index contributed by atoms with van der Waals surface area (Å²) in [5.74, 6) is 0.567. The predicted molar refractivity (Wildman–Crippen MR) is 114 cm³/mol. The van der Waals surface area contributed by atoms with E-state index in [9.17, 15) is 13.2 Å². The molecular formula is C22H26N2O5S. The molecule has 0 saturated heterocycles. The van der Waals surface area contributed by atoms with Crippen LogP contribution in [0.1, 0.15) is 30.4 Å². The van der Waals surface area contributed by atoms with E-state index >= 15 is 0 Å². The standard InChI is InChI=1S/C22H26N2O5S/c1-24(15-22(25)23-19-9-4-7-16-6-2-3-8-18(16)19)30(26,27)17-10-11-20-21(14-17)29-13-5-12-28-20/h4,7,9-11,14H,2-3,5-6,8,12-13,15H2,1H3,(H,23,25). The van der Waals surface area contributed by atoms with Crippen molar-refractivity contribution in [2.45, 2.75) is 37.0 Å². The first-order valence-corrected chi connectivity index (χ1v) is 11.7. The second-order valence-corrected chi connectivity index (χ2v) is 9.66. The van der Waals surface area contributed by atoms with Gasteiger partial charge in [0.15, 0.2) is 11.5 Å². The van der Waals surface area contributed by atoms with Crippen molar-refractivity contribution in [3.8, 4) is 11.5 Å². The summed E-state index contributed by atoms with van der Waals surface area (Å²) in [7, 11) is -2.45. The largest absolute Gasteiger partial charge is 0.490 e. The number of sulfonamides is 1. The number of amides is 1. The van der Waals surface area contributed by atoms with Crippen LogP contribution in [0.15, 0.2) is 41.3 Å². The van der Waals surface area contributed by atoms with Gasteiger partial charge in [0.2, 0.25) is 15.9 Å². The number of anilines is 1. The maximum Gasteiger partial charge on any atom is 0.243 e. The van der Waals surface area contributed by atoms with Crippen molar-refractivity contribution < 1.29 is 22.7 Å². The summed E-state index contributed by atoms with van der Waals surface area (Å²) in [6.45, 7) is 0.721. The number of benzene rings is 2. The number of hydrogen-bond acceptors (Lipinski definition) is 5. The van der Waals surface area contributed by atoms with Gasteiger partial charge in [-0.3, -0.25) is 4.79 Å². The topological polar surface area (TPSA) is 84.9 Å². The van der Waals surface area contributed by atoms with E-state index in [1.807, 2.05) is 12.1 Å². The lowest BCUT2D eigenvalue weighted by molar-refractivity contribution is -0.116. The molecule has 0 fully saturated rings. The van der Waals surface area contributed by atoms with Gasteiger partial charge in [-0.15, -0.1) is 0 Å². The summed E-state index contributed by atoms with van der Waals surface area (Å²) in [5.41, 5.74) is 3.19. The molecule has 0 unspecified atom stereocenters. The number of aryl methyl sites for hydroxylation is 1. The van der Waals surface area contributed by atoms with E-state index in [4.69, 9.17) is 9.47 Å². The van der Waals surface area contributed by atoms with Crippen molar-refractivity contribution in [3.63, 3.8) is 0 Å². The number of carbonyl (C=O) groups is 1. The Hall–Kier alpha value is -2.58. The molecule has 0 saturated carbocycles. The van der Waals surface area contributed by atoms with Crippen LogP contribution in [0.2, 0.25) is 0 Å². The van der Waals surface area contributed by atoms with Crippen LogP contribution in [0.25, 0.3) is 0 Å². The highest BCUT2D eigenvalue weighted by molar-refractivity contribution is 7.89. The molecule has 2 aromatic rings. The first-order valence-electron chi connectivity index (χ1n) is 10.2.